The first-order valence-corrected chi connectivity index (χ1v) is 5.62. The molecule has 1 amide bonds. The quantitative estimate of drug-likeness (QED) is 0.664. The van der Waals surface area contributed by atoms with E-state index < -0.39 is 0 Å². The van der Waals surface area contributed by atoms with Gasteiger partial charge in [-0.15, -0.1) is 0 Å². The molecule has 4 heteroatoms. The summed E-state index contributed by atoms with van der Waals surface area (Å²) < 4.78 is 4.97. The average molecular weight is 242 g/mol. The Bertz CT molecular complexity index is 571. The number of hydrogen-bond donors (Lipinski definition) is 1. The van der Waals surface area contributed by atoms with Crippen LogP contribution in [-0.4, -0.2) is 11.6 Å². The predicted octanol–water partition coefficient (Wildman–Crippen LogP) is 2.74. The number of carbonyl (C=O) groups is 1. The van der Waals surface area contributed by atoms with E-state index in [2.05, 4.69) is 10.5 Å². The monoisotopic (exact) mass is 242 g/mol. The predicted molar refractivity (Wildman–Crippen MR) is 69.6 cm³/mol. The number of aryl methyl sites for hydroxylation is 1. The van der Waals surface area contributed by atoms with Gasteiger partial charge in [-0.2, -0.15) is 5.10 Å². The number of nitrogens with one attached hydrogen (secondary N) is 1. The van der Waals surface area contributed by atoms with Crippen molar-refractivity contribution in [2.45, 2.75) is 13.8 Å². The smallest absolute Gasteiger partial charge is 0.307 e. The fraction of sp³-hybridized carbons (Fsp3) is 0.143. The normalized spacial score (nSPS) is 11.3. The molecule has 1 heterocycles. The zero-order chi connectivity index (χ0) is 13.0. The van der Waals surface area contributed by atoms with E-state index in [0.717, 1.165) is 16.8 Å². The van der Waals surface area contributed by atoms with Crippen molar-refractivity contribution in [3.63, 3.8) is 0 Å². The van der Waals surface area contributed by atoms with Gasteiger partial charge < -0.3 is 4.42 Å². The Morgan fingerprint density at radius 3 is 2.78 bits per heavy atom. The van der Waals surface area contributed by atoms with Crippen LogP contribution < -0.4 is 5.43 Å². The maximum absolute atomic E-state index is 11.6. The highest BCUT2D eigenvalue weighted by Gasteiger charge is 2.07. The van der Waals surface area contributed by atoms with Gasteiger partial charge in [0.2, 0.25) is 0 Å². The molecule has 0 radical (unpaired) electrons. The summed E-state index contributed by atoms with van der Waals surface area (Å²) in [4.78, 5) is 11.6. The summed E-state index contributed by atoms with van der Waals surface area (Å²) in [7, 11) is 0. The molecule has 0 aliphatic heterocycles. The molecular formula is C14H14N2O2. The third kappa shape index (κ3) is 2.85. The topological polar surface area (TPSA) is 54.6 Å². The van der Waals surface area contributed by atoms with E-state index in [1.807, 2.05) is 38.1 Å². The number of hydrazone groups is 1. The van der Waals surface area contributed by atoms with Gasteiger partial charge in [-0.3, -0.25) is 4.79 Å². The van der Waals surface area contributed by atoms with Gasteiger partial charge in [0.15, 0.2) is 5.76 Å². The van der Waals surface area contributed by atoms with Crippen molar-refractivity contribution in [3.8, 4) is 0 Å². The number of carbonyl (C=O) groups excluding carboxylic acids is 1. The van der Waals surface area contributed by atoms with Gasteiger partial charge in [-0.1, -0.05) is 29.8 Å². The van der Waals surface area contributed by atoms with Crippen molar-refractivity contribution in [1.82, 2.24) is 5.43 Å². The van der Waals surface area contributed by atoms with E-state index in [-0.39, 0.29) is 11.7 Å². The van der Waals surface area contributed by atoms with Crippen LogP contribution in [0, 0.1) is 6.92 Å². The number of rotatable bonds is 3. The van der Waals surface area contributed by atoms with Gasteiger partial charge in [-0.25, -0.2) is 5.43 Å². The first kappa shape index (κ1) is 12.1. The maximum Gasteiger partial charge on any atom is 0.307 e. The molecule has 4 nitrogen and oxygen atoms in total. The Kier molecular flexibility index (Phi) is 3.57. The van der Waals surface area contributed by atoms with Crippen molar-refractivity contribution in [2.75, 3.05) is 0 Å². The van der Waals surface area contributed by atoms with E-state index in [4.69, 9.17) is 4.42 Å². The van der Waals surface area contributed by atoms with E-state index >= 15 is 0 Å². The Labute approximate surface area is 105 Å². The first-order chi connectivity index (χ1) is 8.66. The number of benzene rings is 1. The van der Waals surface area contributed by atoms with Crippen LogP contribution in [0.3, 0.4) is 0 Å². The number of furan rings is 1. The van der Waals surface area contributed by atoms with Gasteiger partial charge in [-0.05, 0) is 31.5 Å². The number of hydrogen-bond acceptors (Lipinski definition) is 3. The highest BCUT2D eigenvalue weighted by molar-refractivity contribution is 6.00. The van der Waals surface area contributed by atoms with Crippen molar-refractivity contribution in [1.29, 1.82) is 0 Å². The zero-order valence-electron chi connectivity index (χ0n) is 10.3. The lowest BCUT2D eigenvalue weighted by molar-refractivity contribution is 0.0927. The third-order valence-corrected chi connectivity index (χ3v) is 2.51. The molecular weight excluding hydrogens is 228 g/mol. The Morgan fingerprint density at radius 2 is 2.11 bits per heavy atom. The molecule has 92 valence electrons. The molecule has 0 fully saturated rings. The van der Waals surface area contributed by atoms with E-state index in [1.54, 1.807) is 12.1 Å². The van der Waals surface area contributed by atoms with Crippen LogP contribution in [0.4, 0.5) is 0 Å². The molecule has 2 aromatic rings. The van der Waals surface area contributed by atoms with Gasteiger partial charge in [0.1, 0.15) is 0 Å². The molecule has 0 spiro atoms. The Morgan fingerprint density at radius 1 is 1.28 bits per heavy atom. The lowest BCUT2D eigenvalue weighted by Crippen LogP contribution is -2.18. The van der Waals surface area contributed by atoms with Crippen LogP contribution in [0.2, 0.25) is 0 Å². The molecule has 1 aromatic carbocycles. The molecule has 1 N–H and O–H groups in total. The van der Waals surface area contributed by atoms with Crippen molar-refractivity contribution in [2.24, 2.45) is 5.10 Å². The molecule has 0 aliphatic rings. The SMILES string of the molecule is CC(=NNC(=O)c1ccco1)c1cccc(C)c1. The second-order valence-electron chi connectivity index (χ2n) is 3.98. The molecule has 18 heavy (non-hydrogen) atoms. The second kappa shape index (κ2) is 5.31. The summed E-state index contributed by atoms with van der Waals surface area (Å²) in [5, 5.41) is 4.05. The molecule has 1 aromatic heterocycles. The second-order valence-corrected chi connectivity index (χ2v) is 3.98. The molecule has 0 bridgehead atoms. The summed E-state index contributed by atoms with van der Waals surface area (Å²) in [5.74, 6) is -0.109. The van der Waals surface area contributed by atoms with Crippen LogP contribution in [-0.2, 0) is 0 Å². The average Bonchev–Trinajstić information content (AvgIpc) is 2.89. The number of amides is 1. The summed E-state index contributed by atoms with van der Waals surface area (Å²) in [6.45, 7) is 3.86. The van der Waals surface area contributed by atoms with Gasteiger partial charge >= 0.3 is 5.91 Å². The molecule has 0 aliphatic carbocycles. The first-order valence-electron chi connectivity index (χ1n) is 5.62. The molecule has 0 unspecified atom stereocenters. The Hall–Kier alpha value is -2.36. The minimum absolute atomic E-state index is 0.246. The number of nitrogens with zero attached hydrogens (tertiary/aromatic N) is 1. The van der Waals surface area contributed by atoms with Crippen molar-refractivity contribution in [3.05, 3.63) is 59.5 Å². The molecule has 2 rings (SSSR count). The standard InChI is InChI=1S/C14H14N2O2/c1-10-5-3-6-12(9-10)11(2)15-16-14(17)13-7-4-8-18-13/h3-9H,1-2H3,(H,16,17). The summed E-state index contributed by atoms with van der Waals surface area (Å²) in [5.41, 5.74) is 5.34. The van der Waals surface area contributed by atoms with Gasteiger partial charge in [0.05, 0.1) is 12.0 Å². The van der Waals surface area contributed by atoms with Crippen LogP contribution in [0.5, 0.6) is 0 Å². The fourth-order valence-electron chi connectivity index (χ4n) is 1.53. The van der Waals surface area contributed by atoms with Crippen LogP contribution in [0.15, 0.2) is 52.2 Å². The highest BCUT2D eigenvalue weighted by atomic mass is 16.3. The van der Waals surface area contributed by atoms with Crippen molar-refractivity contribution < 1.29 is 9.21 Å². The van der Waals surface area contributed by atoms with Crippen LogP contribution in [0.25, 0.3) is 0 Å². The van der Waals surface area contributed by atoms with Crippen LogP contribution >= 0.6 is 0 Å². The van der Waals surface area contributed by atoms with Gasteiger partial charge in [0.25, 0.3) is 0 Å². The zero-order valence-corrected chi connectivity index (χ0v) is 10.3. The minimum atomic E-state index is -0.355. The summed E-state index contributed by atoms with van der Waals surface area (Å²) in [6.07, 6.45) is 1.45. The van der Waals surface area contributed by atoms with E-state index in [0.29, 0.717) is 0 Å². The largest absolute Gasteiger partial charge is 0.459 e. The van der Waals surface area contributed by atoms with E-state index in [1.165, 1.54) is 6.26 Å². The summed E-state index contributed by atoms with van der Waals surface area (Å²) in [6, 6.07) is 11.2. The molecule has 0 atom stereocenters. The lowest BCUT2D eigenvalue weighted by atomic mass is 10.1. The highest BCUT2D eigenvalue weighted by Crippen LogP contribution is 2.05. The summed E-state index contributed by atoms with van der Waals surface area (Å²) >= 11 is 0. The maximum atomic E-state index is 11.6. The lowest BCUT2D eigenvalue weighted by Gasteiger charge is -2.02. The van der Waals surface area contributed by atoms with Crippen molar-refractivity contribution >= 4 is 11.6 Å². The Balaban J connectivity index is 2.08. The van der Waals surface area contributed by atoms with E-state index in [9.17, 15) is 4.79 Å². The van der Waals surface area contributed by atoms with Crippen LogP contribution in [0.1, 0.15) is 28.6 Å². The van der Waals surface area contributed by atoms with Gasteiger partial charge in [0, 0.05) is 0 Å². The third-order valence-electron chi connectivity index (χ3n) is 2.51. The molecule has 0 saturated heterocycles. The minimum Gasteiger partial charge on any atom is -0.459 e. The fourth-order valence-corrected chi connectivity index (χ4v) is 1.53. The molecule has 0 saturated carbocycles.